The summed E-state index contributed by atoms with van der Waals surface area (Å²) in [4.78, 5) is 12.0. The Kier molecular flexibility index (Phi) is 4.01. The minimum absolute atomic E-state index is 0.0996. The fourth-order valence-electron chi connectivity index (χ4n) is 1.95. The number of carbonyl (C=O) groups excluding carboxylic acids is 1. The second kappa shape index (κ2) is 5.38. The highest BCUT2D eigenvalue weighted by Crippen LogP contribution is 2.19. The van der Waals surface area contributed by atoms with E-state index < -0.39 is 21.3 Å². The van der Waals surface area contributed by atoms with Gasteiger partial charge >= 0.3 is 0 Å². The maximum atomic E-state index is 12.0. The van der Waals surface area contributed by atoms with E-state index in [0.29, 0.717) is 11.3 Å². The molecule has 5 nitrogen and oxygen atoms in total. The first-order valence-corrected chi connectivity index (χ1v) is 7.96. The van der Waals surface area contributed by atoms with Gasteiger partial charge in [-0.3, -0.25) is 4.79 Å². The van der Waals surface area contributed by atoms with Gasteiger partial charge in [0.05, 0.1) is 30.0 Å². The third-order valence-corrected chi connectivity index (χ3v) is 5.31. The minimum Gasteiger partial charge on any atom is -0.497 e. The fourth-order valence-corrected chi connectivity index (χ4v) is 4.50. The van der Waals surface area contributed by atoms with Crippen LogP contribution in [0.15, 0.2) is 24.3 Å². The molecule has 1 heterocycles. The van der Waals surface area contributed by atoms with Crippen LogP contribution in [0.4, 0.5) is 0 Å². The molecule has 0 aliphatic carbocycles. The first kappa shape index (κ1) is 14.1. The number of methoxy groups -OCH3 is 1. The summed E-state index contributed by atoms with van der Waals surface area (Å²) < 4.78 is 27.9. The van der Waals surface area contributed by atoms with E-state index in [9.17, 15) is 13.2 Å². The largest absolute Gasteiger partial charge is 0.497 e. The van der Waals surface area contributed by atoms with Crippen molar-refractivity contribution in [3.05, 3.63) is 29.8 Å². The Morgan fingerprint density at radius 2 is 2.16 bits per heavy atom. The Bertz CT molecular complexity index is 587. The summed E-state index contributed by atoms with van der Waals surface area (Å²) in [7, 11) is -1.65. The summed E-state index contributed by atoms with van der Waals surface area (Å²) in [5.41, 5.74) is 0.410. The van der Waals surface area contributed by atoms with Gasteiger partial charge in [-0.05, 0) is 18.2 Å². The molecule has 7 heteroatoms. The molecule has 1 aromatic carbocycles. The molecule has 104 valence electrons. The van der Waals surface area contributed by atoms with E-state index in [1.165, 1.54) is 7.11 Å². The maximum absolute atomic E-state index is 12.0. The molecule has 2 atom stereocenters. The first-order valence-electron chi connectivity index (χ1n) is 5.71. The number of amides is 1. The molecule has 1 fully saturated rings. The molecule has 19 heavy (non-hydrogen) atoms. The molecule has 0 bridgehead atoms. The van der Waals surface area contributed by atoms with Crippen LogP contribution in [-0.4, -0.2) is 44.4 Å². The fraction of sp³-hybridized carbons (Fsp3) is 0.417. The van der Waals surface area contributed by atoms with E-state index in [-0.39, 0.29) is 17.4 Å². The molecule has 2 unspecified atom stereocenters. The van der Waals surface area contributed by atoms with Crippen LogP contribution in [0.1, 0.15) is 10.4 Å². The maximum Gasteiger partial charge on any atom is 0.251 e. The first-order chi connectivity index (χ1) is 8.91. The van der Waals surface area contributed by atoms with Crippen LogP contribution in [0.25, 0.3) is 0 Å². The van der Waals surface area contributed by atoms with Gasteiger partial charge in [-0.2, -0.15) is 0 Å². The van der Waals surface area contributed by atoms with Crippen LogP contribution >= 0.6 is 11.6 Å². The van der Waals surface area contributed by atoms with Gasteiger partial charge in [0.25, 0.3) is 5.91 Å². The number of sulfone groups is 1. The Hall–Kier alpha value is -1.27. The zero-order valence-corrected chi connectivity index (χ0v) is 11.9. The van der Waals surface area contributed by atoms with Gasteiger partial charge in [-0.25, -0.2) is 8.42 Å². The lowest BCUT2D eigenvalue weighted by Gasteiger charge is -2.14. The van der Waals surface area contributed by atoms with E-state index in [1.807, 2.05) is 0 Å². The van der Waals surface area contributed by atoms with Crippen LogP contribution in [0.2, 0.25) is 0 Å². The van der Waals surface area contributed by atoms with Crippen molar-refractivity contribution in [1.82, 2.24) is 5.32 Å². The van der Waals surface area contributed by atoms with Crippen molar-refractivity contribution in [1.29, 1.82) is 0 Å². The average molecular weight is 304 g/mol. The number of ether oxygens (including phenoxy) is 1. The van der Waals surface area contributed by atoms with Gasteiger partial charge in [0.15, 0.2) is 9.84 Å². The zero-order valence-electron chi connectivity index (χ0n) is 10.3. The SMILES string of the molecule is COc1cccc(C(=O)NC2CS(=O)(=O)CC2Cl)c1. The molecular formula is C12H14ClNO4S. The number of carbonyl (C=O) groups is 1. The zero-order chi connectivity index (χ0) is 14.0. The number of benzene rings is 1. The molecule has 0 spiro atoms. The number of halogens is 1. The monoisotopic (exact) mass is 303 g/mol. The molecule has 1 aliphatic heterocycles. The molecule has 1 saturated heterocycles. The second-order valence-corrected chi connectivity index (χ2v) is 7.12. The quantitative estimate of drug-likeness (QED) is 0.840. The third-order valence-electron chi connectivity index (χ3n) is 2.93. The minimum atomic E-state index is -3.16. The lowest BCUT2D eigenvalue weighted by molar-refractivity contribution is 0.0941. The standard InChI is InChI=1S/C12H14ClNO4S/c1-18-9-4-2-3-8(5-9)12(15)14-11-7-19(16,17)6-10(11)13/h2-5,10-11H,6-7H2,1H3,(H,14,15). The molecule has 0 aromatic heterocycles. The van der Waals surface area contributed by atoms with Crippen molar-refractivity contribution in [3.8, 4) is 5.75 Å². The number of hydrogen-bond donors (Lipinski definition) is 1. The summed E-state index contributed by atoms with van der Waals surface area (Å²) in [6.45, 7) is 0. The van der Waals surface area contributed by atoms with Gasteiger partial charge in [-0.1, -0.05) is 6.07 Å². The Morgan fingerprint density at radius 3 is 2.74 bits per heavy atom. The van der Waals surface area contributed by atoms with E-state index in [0.717, 1.165) is 0 Å². The van der Waals surface area contributed by atoms with Crippen LogP contribution < -0.4 is 10.1 Å². The lowest BCUT2D eigenvalue weighted by atomic mass is 10.1. The lowest BCUT2D eigenvalue weighted by Crippen LogP contribution is -2.40. The number of nitrogens with one attached hydrogen (secondary N) is 1. The molecular weight excluding hydrogens is 290 g/mol. The van der Waals surface area contributed by atoms with Crippen molar-refractivity contribution in [2.45, 2.75) is 11.4 Å². The summed E-state index contributed by atoms with van der Waals surface area (Å²) in [6.07, 6.45) is 0. The topological polar surface area (TPSA) is 72.5 Å². The average Bonchev–Trinajstić information content (AvgIpc) is 2.62. The van der Waals surface area contributed by atoms with Gasteiger partial charge in [0.1, 0.15) is 5.75 Å². The van der Waals surface area contributed by atoms with Crippen molar-refractivity contribution < 1.29 is 17.9 Å². The highest BCUT2D eigenvalue weighted by atomic mass is 35.5. The van der Waals surface area contributed by atoms with Crippen molar-refractivity contribution in [2.75, 3.05) is 18.6 Å². The Labute approximate surface area is 116 Å². The Morgan fingerprint density at radius 1 is 1.42 bits per heavy atom. The predicted molar refractivity (Wildman–Crippen MR) is 72.5 cm³/mol. The van der Waals surface area contributed by atoms with Crippen molar-refractivity contribution in [2.24, 2.45) is 0 Å². The van der Waals surface area contributed by atoms with Crippen LogP contribution in [0.5, 0.6) is 5.75 Å². The third kappa shape index (κ3) is 3.39. The van der Waals surface area contributed by atoms with Crippen LogP contribution in [0, 0.1) is 0 Å². The number of hydrogen-bond acceptors (Lipinski definition) is 4. The number of rotatable bonds is 3. The van der Waals surface area contributed by atoms with E-state index in [2.05, 4.69) is 5.32 Å². The highest BCUT2D eigenvalue weighted by Gasteiger charge is 2.37. The van der Waals surface area contributed by atoms with E-state index in [4.69, 9.17) is 16.3 Å². The molecule has 1 N–H and O–H groups in total. The van der Waals surface area contributed by atoms with Crippen LogP contribution in [0.3, 0.4) is 0 Å². The van der Waals surface area contributed by atoms with Gasteiger partial charge < -0.3 is 10.1 Å². The molecule has 2 rings (SSSR count). The second-order valence-electron chi connectivity index (χ2n) is 4.40. The molecule has 1 aliphatic rings. The summed E-state index contributed by atoms with van der Waals surface area (Å²) in [5.74, 6) is -0.00476. The van der Waals surface area contributed by atoms with Gasteiger partial charge in [-0.15, -0.1) is 11.6 Å². The molecule has 1 aromatic rings. The Balaban J connectivity index is 2.09. The van der Waals surface area contributed by atoms with E-state index >= 15 is 0 Å². The smallest absolute Gasteiger partial charge is 0.251 e. The summed E-state index contributed by atoms with van der Waals surface area (Å²) in [6, 6.07) is 6.08. The normalized spacial score (nSPS) is 24.9. The predicted octanol–water partition coefficient (Wildman–Crippen LogP) is 0.829. The van der Waals surface area contributed by atoms with Crippen molar-refractivity contribution in [3.63, 3.8) is 0 Å². The summed E-state index contributed by atoms with van der Waals surface area (Å²) >= 11 is 5.93. The molecule has 0 saturated carbocycles. The van der Waals surface area contributed by atoms with Gasteiger partial charge in [0.2, 0.25) is 0 Å². The van der Waals surface area contributed by atoms with E-state index in [1.54, 1.807) is 24.3 Å². The molecule has 1 amide bonds. The van der Waals surface area contributed by atoms with Crippen molar-refractivity contribution >= 4 is 27.3 Å². The van der Waals surface area contributed by atoms with Gasteiger partial charge in [0, 0.05) is 5.56 Å². The highest BCUT2D eigenvalue weighted by molar-refractivity contribution is 7.91. The van der Waals surface area contributed by atoms with Crippen LogP contribution in [-0.2, 0) is 9.84 Å². The molecule has 0 radical (unpaired) electrons. The number of alkyl halides is 1. The summed E-state index contributed by atoms with van der Waals surface area (Å²) in [5, 5.41) is 2.06.